The third-order valence-electron chi connectivity index (χ3n) is 3.73. The molecule has 0 fully saturated rings. The Morgan fingerprint density at radius 2 is 1.59 bits per heavy atom. The van der Waals surface area contributed by atoms with E-state index in [1.807, 2.05) is 20.8 Å². The molecule has 0 heterocycles. The molecule has 1 aromatic rings. The highest BCUT2D eigenvalue weighted by Crippen LogP contribution is 2.35. The fourth-order valence-corrected chi connectivity index (χ4v) is 2.30. The third-order valence-corrected chi connectivity index (χ3v) is 3.73. The van der Waals surface area contributed by atoms with Gasteiger partial charge in [0.25, 0.3) is 6.43 Å². The van der Waals surface area contributed by atoms with E-state index in [-0.39, 0.29) is 17.6 Å². The number of benzene rings is 1. The van der Waals surface area contributed by atoms with Crippen molar-refractivity contribution in [3.05, 3.63) is 35.4 Å². The average molecular weight is 314 g/mol. The van der Waals surface area contributed by atoms with Crippen molar-refractivity contribution in [1.82, 2.24) is 0 Å². The zero-order valence-electron chi connectivity index (χ0n) is 13.7. The van der Waals surface area contributed by atoms with E-state index < -0.39 is 23.9 Å². The Labute approximate surface area is 130 Å². The van der Waals surface area contributed by atoms with Crippen molar-refractivity contribution in [3.63, 3.8) is 0 Å². The van der Waals surface area contributed by atoms with Crippen LogP contribution in [0.4, 0.5) is 8.78 Å². The number of esters is 1. The van der Waals surface area contributed by atoms with Crippen molar-refractivity contribution >= 4 is 5.97 Å². The van der Waals surface area contributed by atoms with Crippen LogP contribution in [0.15, 0.2) is 24.3 Å². The number of hydrogen-bond acceptors (Lipinski definition) is 3. The summed E-state index contributed by atoms with van der Waals surface area (Å²) in [6.07, 6.45) is -3.02. The Morgan fingerprint density at radius 1 is 1.14 bits per heavy atom. The SMILES string of the molecule is CCOC(=O)C(C(F)F)C(C)(O)c1ccc(C(C)(C)C)cc1. The van der Waals surface area contributed by atoms with Crippen LogP contribution in [0.2, 0.25) is 0 Å². The molecule has 0 aromatic heterocycles. The summed E-state index contributed by atoms with van der Waals surface area (Å²) < 4.78 is 31.2. The Morgan fingerprint density at radius 3 is 1.95 bits per heavy atom. The lowest BCUT2D eigenvalue weighted by atomic mass is 9.80. The summed E-state index contributed by atoms with van der Waals surface area (Å²) in [5.74, 6) is -3.02. The second-order valence-electron chi connectivity index (χ2n) is 6.54. The zero-order valence-corrected chi connectivity index (χ0v) is 13.7. The molecule has 0 bridgehead atoms. The molecule has 3 nitrogen and oxygen atoms in total. The van der Waals surface area contributed by atoms with Crippen LogP contribution in [0.1, 0.15) is 45.7 Å². The molecule has 0 amide bonds. The molecule has 0 aliphatic heterocycles. The molecule has 1 N–H and O–H groups in total. The molecular weight excluding hydrogens is 290 g/mol. The van der Waals surface area contributed by atoms with Crippen LogP contribution in [0.3, 0.4) is 0 Å². The predicted molar refractivity (Wildman–Crippen MR) is 80.8 cm³/mol. The highest BCUT2D eigenvalue weighted by atomic mass is 19.3. The summed E-state index contributed by atoms with van der Waals surface area (Å²) in [5, 5.41) is 10.5. The predicted octanol–water partition coefficient (Wildman–Crippen LogP) is 3.64. The van der Waals surface area contributed by atoms with Crippen LogP contribution >= 0.6 is 0 Å². The van der Waals surface area contributed by atoms with Gasteiger partial charge in [0.2, 0.25) is 0 Å². The molecule has 0 saturated carbocycles. The van der Waals surface area contributed by atoms with Gasteiger partial charge in [0.05, 0.1) is 6.61 Å². The molecule has 0 saturated heterocycles. The maximum Gasteiger partial charge on any atom is 0.318 e. The largest absolute Gasteiger partial charge is 0.466 e. The van der Waals surface area contributed by atoms with E-state index in [0.717, 1.165) is 5.56 Å². The highest BCUT2D eigenvalue weighted by molar-refractivity contribution is 5.74. The molecule has 5 heteroatoms. The summed E-state index contributed by atoms with van der Waals surface area (Å²) in [6, 6.07) is 6.71. The molecule has 1 aromatic carbocycles. The van der Waals surface area contributed by atoms with Gasteiger partial charge in [-0.1, -0.05) is 45.0 Å². The summed E-state index contributed by atoms with van der Waals surface area (Å²) >= 11 is 0. The normalized spacial score (nSPS) is 16.2. The number of carbonyl (C=O) groups is 1. The van der Waals surface area contributed by atoms with Gasteiger partial charge >= 0.3 is 5.97 Å². The third kappa shape index (κ3) is 4.03. The van der Waals surface area contributed by atoms with Crippen LogP contribution < -0.4 is 0 Å². The first-order valence-electron chi connectivity index (χ1n) is 7.30. The number of carbonyl (C=O) groups excluding carboxylic acids is 1. The molecule has 2 atom stereocenters. The van der Waals surface area contributed by atoms with E-state index in [1.165, 1.54) is 13.8 Å². The zero-order chi connectivity index (χ0) is 17.1. The number of halogens is 2. The van der Waals surface area contributed by atoms with Crippen molar-refractivity contribution in [2.75, 3.05) is 6.61 Å². The first kappa shape index (κ1) is 18.6. The van der Waals surface area contributed by atoms with E-state index in [1.54, 1.807) is 24.3 Å². The number of ether oxygens (including phenoxy) is 1. The van der Waals surface area contributed by atoms with Crippen LogP contribution in [0.5, 0.6) is 0 Å². The second kappa shape index (κ2) is 6.73. The van der Waals surface area contributed by atoms with Crippen LogP contribution in [0, 0.1) is 5.92 Å². The van der Waals surface area contributed by atoms with Crippen molar-refractivity contribution < 1.29 is 23.4 Å². The van der Waals surface area contributed by atoms with E-state index in [0.29, 0.717) is 0 Å². The van der Waals surface area contributed by atoms with Gasteiger partial charge in [0.1, 0.15) is 11.5 Å². The molecule has 0 radical (unpaired) electrons. The van der Waals surface area contributed by atoms with E-state index in [9.17, 15) is 18.7 Å². The van der Waals surface area contributed by atoms with Crippen LogP contribution in [-0.4, -0.2) is 24.1 Å². The van der Waals surface area contributed by atoms with E-state index in [4.69, 9.17) is 0 Å². The molecule has 0 aliphatic carbocycles. The minimum Gasteiger partial charge on any atom is -0.466 e. The fourth-order valence-electron chi connectivity index (χ4n) is 2.30. The highest BCUT2D eigenvalue weighted by Gasteiger charge is 2.46. The molecule has 0 aliphatic rings. The topological polar surface area (TPSA) is 46.5 Å². The molecule has 0 spiro atoms. The van der Waals surface area contributed by atoms with Gasteiger partial charge in [0, 0.05) is 0 Å². The van der Waals surface area contributed by atoms with Gasteiger partial charge in [-0.2, -0.15) is 0 Å². The van der Waals surface area contributed by atoms with Crippen LogP contribution in [-0.2, 0) is 20.5 Å². The summed E-state index contributed by atoms with van der Waals surface area (Å²) in [4.78, 5) is 11.8. The number of alkyl halides is 2. The van der Waals surface area contributed by atoms with Crippen molar-refractivity contribution in [2.45, 2.75) is 52.1 Å². The standard InChI is InChI=1S/C17H24F2O3/c1-6-22-15(20)13(14(18)19)17(5,21)12-9-7-11(8-10-12)16(2,3)4/h7-10,13-14,21H,6H2,1-5H3. The first-order chi connectivity index (χ1) is 10.0. The monoisotopic (exact) mass is 314 g/mol. The molecule has 22 heavy (non-hydrogen) atoms. The fraction of sp³-hybridized carbons (Fsp3) is 0.588. The van der Waals surface area contributed by atoms with Gasteiger partial charge < -0.3 is 9.84 Å². The average Bonchev–Trinajstić information content (AvgIpc) is 2.37. The maximum atomic E-state index is 13.3. The van der Waals surface area contributed by atoms with Gasteiger partial charge in [-0.05, 0) is 30.4 Å². The Balaban J connectivity index is 3.17. The van der Waals surface area contributed by atoms with Crippen molar-refractivity contribution in [1.29, 1.82) is 0 Å². The lowest BCUT2D eigenvalue weighted by molar-refractivity contribution is -0.169. The molecule has 124 valence electrons. The van der Waals surface area contributed by atoms with Gasteiger partial charge in [-0.15, -0.1) is 0 Å². The smallest absolute Gasteiger partial charge is 0.318 e. The quantitative estimate of drug-likeness (QED) is 0.844. The number of hydrogen-bond donors (Lipinski definition) is 1. The second-order valence-corrected chi connectivity index (χ2v) is 6.54. The first-order valence-corrected chi connectivity index (χ1v) is 7.30. The lowest BCUT2D eigenvalue weighted by Gasteiger charge is -2.31. The summed E-state index contributed by atoms with van der Waals surface area (Å²) in [5.41, 5.74) is -0.819. The van der Waals surface area contributed by atoms with Crippen molar-refractivity contribution in [3.8, 4) is 0 Å². The summed E-state index contributed by atoms with van der Waals surface area (Å²) in [7, 11) is 0. The van der Waals surface area contributed by atoms with Gasteiger partial charge in [-0.25, -0.2) is 8.78 Å². The molecule has 1 rings (SSSR count). The van der Waals surface area contributed by atoms with Gasteiger partial charge in [-0.3, -0.25) is 4.79 Å². The number of rotatable bonds is 5. The Kier molecular flexibility index (Phi) is 5.68. The van der Waals surface area contributed by atoms with Crippen molar-refractivity contribution in [2.24, 2.45) is 5.92 Å². The Hall–Kier alpha value is -1.49. The minimum atomic E-state index is -3.02. The van der Waals surface area contributed by atoms with Crippen LogP contribution in [0.25, 0.3) is 0 Å². The number of aliphatic hydroxyl groups is 1. The van der Waals surface area contributed by atoms with Gasteiger partial charge in [0.15, 0.2) is 0 Å². The lowest BCUT2D eigenvalue weighted by Crippen LogP contribution is -2.42. The van der Waals surface area contributed by atoms with E-state index in [2.05, 4.69) is 4.74 Å². The molecular formula is C17H24F2O3. The minimum absolute atomic E-state index is 0.0128. The van der Waals surface area contributed by atoms with E-state index >= 15 is 0 Å². The summed E-state index contributed by atoms with van der Waals surface area (Å²) in [6.45, 7) is 8.82. The molecule has 2 unspecified atom stereocenters. The maximum absolute atomic E-state index is 13.3. The Bertz CT molecular complexity index is 502.